The largest absolute Gasteiger partial charge is 0.353 e. The highest BCUT2D eigenvalue weighted by Gasteiger charge is 2.32. The lowest BCUT2D eigenvalue weighted by Crippen LogP contribution is -2.48. The smallest absolute Gasteiger partial charge is 0.224 e. The minimum Gasteiger partial charge on any atom is -0.353 e. The zero-order chi connectivity index (χ0) is 19.2. The highest BCUT2D eigenvalue weighted by molar-refractivity contribution is 7.89. The second-order valence-corrected chi connectivity index (χ2v) is 9.73. The summed E-state index contributed by atoms with van der Waals surface area (Å²) in [5.74, 6) is 0.239. The van der Waals surface area contributed by atoms with Crippen molar-refractivity contribution in [3.8, 4) is 0 Å². The molecule has 1 aromatic carbocycles. The van der Waals surface area contributed by atoms with E-state index in [1.165, 1.54) is 4.31 Å². The second kappa shape index (κ2) is 9.51. The summed E-state index contributed by atoms with van der Waals surface area (Å²) in [6.45, 7) is 6.95. The van der Waals surface area contributed by atoms with Crippen LogP contribution in [-0.4, -0.2) is 43.5 Å². The van der Waals surface area contributed by atoms with Crippen LogP contribution in [0.1, 0.15) is 45.6 Å². The number of sulfonamides is 1. The summed E-state index contributed by atoms with van der Waals surface area (Å²) >= 11 is 0. The van der Waals surface area contributed by atoms with E-state index in [0.717, 1.165) is 24.8 Å². The van der Waals surface area contributed by atoms with Gasteiger partial charge in [0.1, 0.15) is 0 Å². The Morgan fingerprint density at radius 1 is 1.23 bits per heavy atom. The molecule has 0 radical (unpaired) electrons. The SMILES string of the molecule is CC(C)[C@H](C)NC(=O)[C@H]1CCCN(S(=O)(=O)CCCc2ccccc2)C1. The third-order valence-electron chi connectivity index (χ3n) is 5.23. The molecule has 6 heteroatoms. The molecule has 1 amide bonds. The molecule has 0 bridgehead atoms. The molecule has 2 atom stereocenters. The van der Waals surface area contributed by atoms with Crippen LogP contribution in [-0.2, 0) is 21.2 Å². The van der Waals surface area contributed by atoms with Gasteiger partial charge in [0.05, 0.1) is 11.7 Å². The molecule has 1 heterocycles. The summed E-state index contributed by atoms with van der Waals surface area (Å²) in [6.07, 6.45) is 2.85. The lowest BCUT2D eigenvalue weighted by molar-refractivity contribution is -0.127. The maximum absolute atomic E-state index is 12.7. The molecule has 5 nitrogen and oxygen atoms in total. The molecular weight excluding hydrogens is 348 g/mol. The highest BCUT2D eigenvalue weighted by atomic mass is 32.2. The van der Waals surface area contributed by atoms with Gasteiger partial charge in [-0.25, -0.2) is 12.7 Å². The lowest BCUT2D eigenvalue weighted by Gasteiger charge is -2.32. The summed E-state index contributed by atoms with van der Waals surface area (Å²) in [5.41, 5.74) is 1.15. The molecule has 1 saturated heterocycles. The molecule has 0 aliphatic carbocycles. The van der Waals surface area contributed by atoms with E-state index in [9.17, 15) is 13.2 Å². The van der Waals surface area contributed by atoms with E-state index in [1.807, 2.05) is 37.3 Å². The predicted octanol–water partition coefficient (Wildman–Crippen LogP) is 2.82. The molecular formula is C20H32N2O3S. The topological polar surface area (TPSA) is 66.5 Å². The van der Waals surface area contributed by atoms with Crippen LogP contribution >= 0.6 is 0 Å². The Morgan fingerprint density at radius 3 is 2.58 bits per heavy atom. The fraction of sp³-hybridized carbons (Fsp3) is 0.650. The third-order valence-corrected chi connectivity index (χ3v) is 7.15. The van der Waals surface area contributed by atoms with Gasteiger partial charge in [-0.2, -0.15) is 0 Å². The average Bonchev–Trinajstić information content (AvgIpc) is 2.62. The van der Waals surface area contributed by atoms with Crippen molar-refractivity contribution < 1.29 is 13.2 Å². The van der Waals surface area contributed by atoms with E-state index in [2.05, 4.69) is 19.2 Å². The van der Waals surface area contributed by atoms with Gasteiger partial charge in [-0.15, -0.1) is 0 Å². The van der Waals surface area contributed by atoms with Gasteiger partial charge in [-0.3, -0.25) is 4.79 Å². The number of nitrogens with zero attached hydrogens (tertiary/aromatic N) is 1. The van der Waals surface area contributed by atoms with Gasteiger partial charge in [0.25, 0.3) is 0 Å². The number of amides is 1. The summed E-state index contributed by atoms with van der Waals surface area (Å²) < 4.78 is 26.9. The Hall–Kier alpha value is -1.40. The maximum Gasteiger partial charge on any atom is 0.224 e. The third kappa shape index (κ3) is 6.09. The number of piperidine rings is 1. The van der Waals surface area contributed by atoms with Crippen LogP contribution in [0.25, 0.3) is 0 Å². The Bertz CT molecular complexity index is 674. The van der Waals surface area contributed by atoms with Crippen molar-refractivity contribution in [3.63, 3.8) is 0 Å². The molecule has 146 valence electrons. The Morgan fingerprint density at radius 2 is 1.92 bits per heavy atom. The van der Waals surface area contributed by atoms with Gasteiger partial charge >= 0.3 is 0 Å². The van der Waals surface area contributed by atoms with E-state index in [4.69, 9.17) is 0 Å². The molecule has 0 spiro atoms. The van der Waals surface area contributed by atoms with Crippen LogP contribution in [0.15, 0.2) is 30.3 Å². The molecule has 1 fully saturated rings. The number of nitrogens with one attached hydrogen (secondary N) is 1. The van der Waals surface area contributed by atoms with Gasteiger partial charge in [0.2, 0.25) is 15.9 Å². The van der Waals surface area contributed by atoms with Crippen LogP contribution in [0.2, 0.25) is 0 Å². The molecule has 0 unspecified atom stereocenters. The zero-order valence-electron chi connectivity index (χ0n) is 16.1. The van der Waals surface area contributed by atoms with Crippen molar-refractivity contribution in [1.82, 2.24) is 9.62 Å². The van der Waals surface area contributed by atoms with E-state index in [-0.39, 0.29) is 23.6 Å². The van der Waals surface area contributed by atoms with Gasteiger partial charge in [0, 0.05) is 19.1 Å². The predicted molar refractivity (Wildman–Crippen MR) is 105 cm³/mol. The molecule has 2 rings (SSSR count). The van der Waals surface area contributed by atoms with E-state index in [0.29, 0.717) is 25.4 Å². The molecule has 26 heavy (non-hydrogen) atoms. The summed E-state index contributed by atoms with van der Waals surface area (Å²) in [7, 11) is -3.31. The average molecular weight is 381 g/mol. The van der Waals surface area contributed by atoms with Crippen LogP contribution in [0.3, 0.4) is 0 Å². The van der Waals surface area contributed by atoms with Crippen molar-refractivity contribution >= 4 is 15.9 Å². The number of carbonyl (C=O) groups excluding carboxylic acids is 1. The van der Waals surface area contributed by atoms with Crippen LogP contribution in [0.5, 0.6) is 0 Å². The second-order valence-electron chi connectivity index (χ2n) is 7.64. The van der Waals surface area contributed by atoms with Crippen molar-refractivity contribution in [3.05, 3.63) is 35.9 Å². The van der Waals surface area contributed by atoms with E-state index >= 15 is 0 Å². The normalized spacial score (nSPS) is 20.1. The van der Waals surface area contributed by atoms with Crippen LogP contribution in [0.4, 0.5) is 0 Å². The summed E-state index contributed by atoms with van der Waals surface area (Å²) in [6, 6.07) is 10.0. The minimum atomic E-state index is -3.31. The standard InChI is InChI=1S/C20H32N2O3S/c1-16(2)17(3)21-20(23)19-12-7-13-22(15-19)26(24,25)14-8-11-18-9-5-4-6-10-18/h4-6,9-10,16-17,19H,7-8,11-15H2,1-3H3,(H,21,23)/t17-,19-/m0/s1. The van der Waals surface area contributed by atoms with Crippen molar-refractivity contribution in [1.29, 1.82) is 0 Å². The lowest BCUT2D eigenvalue weighted by atomic mass is 9.97. The van der Waals surface area contributed by atoms with Crippen LogP contribution < -0.4 is 5.32 Å². The Labute approximate surface area is 158 Å². The van der Waals surface area contributed by atoms with Crippen LogP contribution in [0, 0.1) is 11.8 Å². The van der Waals surface area contributed by atoms with Gasteiger partial charge in [0.15, 0.2) is 0 Å². The van der Waals surface area contributed by atoms with Gasteiger partial charge < -0.3 is 5.32 Å². The number of rotatable bonds is 8. The number of carbonyl (C=O) groups is 1. The first kappa shape index (κ1) is 20.9. The number of hydrogen-bond donors (Lipinski definition) is 1. The van der Waals surface area contributed by atoms with Crippen molar-refractivity contribution in [2.24, 2.45) is 11.8 Å². The van der Waals surface area contributed by atoms with Gasteiger partial charge in [-0.1, -0.05) is 44.2 Å². The van der Waals surface area contributed by atoms with E-state index < -0.39 is 10.0 Å². The van der Waals surface area contributed by atoms with Crippen molar-refractivity contribution in [2.45, 2.75) is 52.5 Å². The number of benzene rings is 1. The fourth-order valence-corrected chi connectivity index (χ4v) is 4.73. The Kier molecular flexibility index (Phi) is 7.65. The van der Waals surface area contributed by atoms with Crippen molar-refractivity contribution in [2.75, 3.05) is 18.8 Å². The molecule has 0 aromatic heterocycles. The summed E-state index contributed by atoms with van der Waals surface area (Å²) in [4.78, 5) is 12.5. The first-order chi connectivity index (χ1) is 12.3. The van der Waals surface area contributed by atoms with E-state index in [1.54, 1.807) is 0 Å². The quantitative estimate of drug-likeness (QED) is 0.754. The first-order valence-electron chi connectivity index (χ1n) is 9.61. The number of aryl methyl sites for hydroxylation is 1. The minimum absolute atomic E-state index is 0.0182. The molecule has 1 N–H and O–H groups in total. The summed E-state index contributed by atoms with van der Waals surface area (Å²) in [5, 5.41) is 3.03. The van der Waals surface area contributed by atoms with Gasteiger partial charge in [-0.05, 0) is 44.1 Å². The zero-order valence-corrected chi connectivity index (χ0v) is 17.0. The Balaban J connectivity index is 1.87. The highest BCUT2D eigenvalue weighted by Crippen LogP contribution is 2.21. The molecule has 1 aliphatic heterocycles. The molecule has 0 saturated carbocycles. The maximum atomic E-state index is 12.7. The fourth-order valence-electron chi connectivity index (χ4n) is 3.15. The number of hydrogen-bond acceptors (Lipinski definition) is 3. The molecule has 1 aromatic rings. The molecule has 1 aliphatic rings. The first-order valence-corrected chi connectivity index (χ1v) is 11.2. The monoisotopic (exact) mass is 380 g/mol.